The van der Waals surface area contributed by atoms with Gasteiger partial charge in [-0.1, -0.05) is 6.07 Å². The first-order valence-corrected chi connectivity index (χ1v) is 13.0. The van der Waals surface area contributed by atoms with Crippen molar-refractivity contribution in [3.8, 4) is 10.4 Å². The highest BCUT2D eigenvalue weighted by Gasteiger charge is 2.24. The summed E-state index contributed by atoms with van der Waals surface area (Å²) in [6.07, 6.45) is 1.78. The van der Waals surface area contributed by atoms with Crippen LogP contribution in [-0.4, -0.2) is 50.4 Å². The molecule has 1 saturated heterocycles. The molecule has 0 spiro atoms. The van der Waals surface area contributed by atoms with Crippen molar-refractivity contribution in [3.63, 3.8) is 0 Å². The zero-order valence-corrected chi connectivity index (χ0v) is 19.8. The van der Waals surface area contributed by atoms with E-state index in [0.29, 0.717) is 6.54 Å². The van der Waals surface area contributed by atoms with E-state index < -0.39 is 0 Å². The molecule has 0 aliphatic carbocycles. The smallest absolute Gasteiger partial charge is 0.258 e. The molecule has 32 heavy (non-hydrogen) atoms. The Labute approximate surface area is 196 Å². The van der Waals surface area contributed by atoms with Crippen LogP contribution in [0.2, 0.25) is 0 Å². The van der Waals surface area contributed by atoms with Gasteiger partial charge in [0.15, 0.2) is 4.96 Å². The van der Waals surface area contributed by atoms with Gasteiger partial charge in [0.1, 0.15) is 16.5 Å². The van der Waals surface area contributed by atoms with E-state index in [0.717, 1.165) is 58.7 Å². The number of hydrogen-bond acceptors (Lipinski definition) is 9. The summed E-state index contributed by atoms with van der Waals surface area (Å²) in [4.78, 5) is 34.3. The van der Waals surface area contributed by atoms with Gasteiger partial charge in [0, 0.05) is 66.2 Å². The topological polar surface area (TPSA) is 66.6 Å². The zero-order valence-electron chi connectivity index (χ0n) is 17.4. The third-order valence-electron chi connectivity index (χ3n) is 5.73. The standard InChI is InChI=1S/C22H20N6OS3/c1-14-23-20(19-16(13-32-21(19)24-14)17-3-2-9-30-17)27-6-4-26(5-7-27)12-15-11-18(29)28-8-10-31-22(28)25-15/h2-3,8-11,13H,4-7,12H2,1H3. The van der Waals surface area contributed by atoms with Crippen LogP contribution in [0.3, 0.4) is 0 Å². The first kappa shape index (κ1) is 20.0. The van der Waals surface area contributed by atoms with E-state index in [1.54, 1.807) is 39.3 Å². The van der Waals surface area contributed by atoms with Gasteiger partial charge >= 0.3 is 0 Å². The van der Waals surface area contributed by atoms with Crippen molar-refractivity contribution in [1.29, 1.82) is 0 Å². The molecule has 5 aromatic rings. The Morgan fingerprint density at radius 3 is 2.72 bits per heavy atom. The Bertz CT molecular complexity index is 1460. The summed E-state index contributed by atoms with van der Waals surface area (Å²) in [6.45, 7) is 6.21. The largest absolute Gasteiger partial charge is 0.353 e. The number of aryl methyl sites for hydroxylation is 1. The number of thiazole rings is 1. The molecule has 0 saturated carbocycles. The quantitative estimate of drug-likeness (QED) is 0.386. The second-order valence-corrected chi connectivity index (χ2v) is 10.5. The van der Waals surface area contributed by atoms with E-state index in [1.807, 2.05) is 12.3 Å². The van der Waals surface area contributed by atoms with Crippen LogP contribution >= 0.6 is 34.0 Å². The lowest BCUT2D eigenvalue weighted by atomic mass is 10.1. The summed E-state index contributed by atoms with van der Waals surface area (Å²) in [7, 11) is 0. The number of aromatic nitrogens is 4. The molecule has 6 rings (SSSR count). The number of fused-ring (bicyclic) bond motifs is 2. The van der Waals surface area contributed by atoms with E-state index in [-0.39, 0.29) is 5.56 Å². The first-order chi connectivity index (χ1) is 15.7. The third kappa shape index (κ3) is 3.53. The van der Waals surface area contributed by atoms with Crippen molar-refractivity contribution in [2.24, 2.45) is 0 Å². The highest BCUT2D eigenvalue weighted by atomic mass is 32.1. The van der Waals surface area contributed by atoms with Crippen molar-refractivity contribution in [2.45, 2.75) is 13.5 Å². The molecule has 1 fully saturated rings. The lowest BCUT2D eigenvalue weighted by Gasteiger charge is -2.35. The minimum Gasteiger partial charge on any atom is -0.353 e. The predicted molar refractivity (Wildman–Crippen MR) is 132 cm³/mol. The predicted octanol–water partition coefficient (Wildman–Crippen LogP) is 4.12. The highest BCUT2D eigenvalue weighted by Crippen LogP contribution is 2.40. The molecule has 0 atom stereocenters. The van der Waals surface area contributed by atoms with Crippen LogP contribution in [0.25, 0.3) is 25.6 Å². The van der Waals surface area contributed by atoms with Crippen LogP contribution in [0.4, 0.5) is 5.82 Å². The second kappa shape index (κ2) is 8.04. The van der Waals surface area contributed by atoms with E-state index in [2.05, 4.69) is 37.7 Å². The van der Waals surface area contributed by atoms with Crippen molar-refractivity contribution in [1.82, 2.24) is 24.3 Å². The number of nitrogens with zero attached hydrogens (tertiary/aromatic N) is 6. The molecule has 1 aliphatic rings. The summed E-state index contributed by atoms with van der Waals surface area (Å²) in [5.74, 6) is 1.84. The monoisotopic (exact) mass is 480 g/mol. The zero-order chi connectivity index (χ0) is 21.7. The van der Waals surface area contributed by atoms with Crippen molar-refractivity contribution < 1.29 is 0 Å². The molecule has 0 amide bonds. The molecule has 6 heterocycles. The molecular weight excluding hydrogens is 460 g/mol. The molecule has 0 aromatic carbocycles. The third-order valence-corrected chi connectivity index (χ3v) is 8.26. The van der Waals surface area contributed by atoms with Gasteiger partial charge in [-0.3, -0.25) is 14.1 Å². The van der Waals surface area contributed by atoms with Gasteiger partial charge in [-0.2, -0.15) is 0 Å². The van der Waals surface area contributed by atoms with Gasteiger partial charge in [0.25, 0.3) is 5.56 Å². The van der Waals surface area contributed by atoms with Gasteiger partial charge in [-0.25, -0.2) is 15.0 Å². The molecule has 1 aliphatic heterocycles. The molecule has 0 bridgehead atoms. The van der Waals surface area contributed by atoms with Crippen LogP contribution in [-0.2, 0) is 6.54 Å². The Morgan fingerprint density at radius 2 is 1.91 bits per heavy atom. The maximum absolute atomic E-state index is 12.3. The van der Waals surface area contributed by atoms with Crippen LogP contribution in [0.5, 0.6) is 0 Å². The molecule has 0 N–H and O–H groups in total. The maximum Gasteiger partial charge on any atom is 0.258 e. The summed E-state index contributed by atoms with van der Waals surface area (Å²) < 4.78 is 1.60. The molecule has 5 aromatic heterocycles. The van der Waals surface area contributed by atoms with Gasteiger partial charge in [0.2, 0.25) is 0 Å². The molecule has 0 unspecified atom stereocenters. The second-order valence-electron chi connectivity index (χ2n) is 7.81. The summed E-state index contributed by atoms with van der Waals surface area (Å²) >= 11 is 4.93. The van der Waals surface area contributed by atoms with Crippen molar-refractivity contribution >= 4 is 55.0 Å². The average molecular weight is 481 g/mol. The SMILES string of the molecule is Cc1nc(N2CCN(Cc3cc(=O)n4ccsc4n3)CC2)c2c(-c3cccs3)csc2n1. The first-order valence-electron chi connectivity index (χ1n) is 10.4. The summed E-state index contributed by atoms with van der Waals surface area (Å²) in [6, 6.07) is 5.90. The molecule has 7 nitrogen and oxygen atoms in total. The number of rotatable bonds is 4. The Kier molecular flexibility index (Phi) is 5.02. The van der Waals surface area contributed by atoms with Crippen molar-refractivity contribution in [3.05, 3.63) is 62.4 Å². The van der Waals surface area contributed by atoms with Gasteiger partial charge in [-0.05, 0) is 18.4 Å². The Morgan fingerprint density at radius 1 is 1.03 bits per heavy atom. The Hall–Kier alpha value is -2.66. The average Bonchev–Trinajstić information content (AvgIpc) is 3.54. The highest BCUT2D eigenvalue weighted by molar-refractivity contribution is 7.18. The molecular formula is C22H20N6OS3. The minimum absolute atomic E-state index is 0.0118. The van der Waals surface area contributed by atoms with Crippen LogP contribution < -0.4 is 10.5 Å². The minimum atomic E-state index is -0.0118. The van der Waals surface area contributed by atoms with Crippen molar-refractivity contribution in [2.75, 3.05) is 31.1 Å². The van der Waals surface area contributed by atoms with Crippen LogP contribution in [0.1, 0.15) is 11.5 Å². The lowest BCUT2D eigenvalue weighted by molar-refractivity contribution is 0.247. The fourth-order valence-electron chi connectivity index (χ4n) is 4.18. The van der Waals surface area contributed by atoms with Gasteiger partial charge < -0.3 is 4.90 Å². The fraction of sp³-hybridized carbons (Fsp3) is 0.273. The van der Waals surface area contributed by atoms with Gasteiger partial charge in [-0.15, -0.1) is 34.0 Å². The molecule has 10 heteroatoms. The van der Waals surface area contributed by atoms with E-state index >= 15 is 0 Å². The Balaban J connectivity index is 1.25. The summed E-state index contributed by atoms with van der Waals surface area (Å²) in [5.41, 5.74) is 2.05. The normalized spacial score (nSPS) is 15.2. The molecule has 0 radical (unpaired) electrons. The maximum atomic E-state index is 12.3. The lowest BCUT2D eigenvalue weighted by Crippen LogP contribution is -2.46. The fourth-order valence-corrected chi connectivity index (χ4v) is 6.73. The number of thiophene rings is 2. The van der Waals surface area contributed by atoms with Crippen LogP contribution in [0.15, 0.2) is 45.3 Å². The van der Waals surface area contributed by atoms with E-state index in [9.17, 15) is 4.79 Å². The number of piperazine rings is 1. The van der Waals surface area contributed by atoms with Gasteiger partial charge in [0.05, 0.1) is 11.1 Å². The molecule has 162 valence electrons. The van der Waals surface area contributed by atoms with E-state index in [4.69, 9.17) is 9.97 Å². The summed E-state index contributed by atoms with van der Waals surface area (Å²) in [5, 5.41) is 7.37. The van der Waals surface area contributed by atoms with E-state index in [1.165, 1.54) is 21.8 Å². The number of anilines is 1. The van der Waals surface area contributed by atoms with Crippen LogP contribution in [0, 0.1) is 6.92 Å². The number of hydrogen-bond donors (Lipinski definition) is 0.